The molecule has 0 bridgehead atoms. The van der Waals surface area contributed by atoms with E-state index in [0.717, 1.165) is 23.8 Å². The van der Waals surface area contributed by atoms with E-state index in [9.17, 15) is 23.3 Å². The van der Waals surface area contributed by atoms with Crippen LogP contribution in [-0.4, -0.2) is 11.5 Å². The van der Waals surface area contributed by atoms with E-state index in [4.69, 9.17) is 0 Å². The average molecular weight is 342 g/mol. The number of nitro groups is 1. The highest BCUT2D eigenvalue weighted by Gasteiger charge is 2.36. The van der Waals surface area contributed by atoms with E-state index in [0.29, 0.717) is 12.6 Å². The molecule has 0 aliphatic carbocycles. The summed E-state index contributed by atoms with van der Waals surface area (Å²) >= 11 is 1.55. The van der Waals surface area contributed by atoms with E-state index < -0.39 is 22.4 Å². The van der Waals surface area contributed by atoms with Crippen molar-refractivity contribution in [1.82, 2.24) is 0 Å². The van der Waals surface area contributed by atoms with Crippen LogP contribution in [0.5, 0.6) is 0 Å². The van der Waals surface area contributed by atoms with Crippen molar-refractivity contribution in [3.05, 3.63) is 56.3 Å². The topological polar surface area (TPSA) is 46.4 Å². The Morgan fingerprint density at radius 1 is 1.30 bits per heavy atom. The highest BCUT2D eigenvalue weighted by Crippen LogP contribution is 2.43. The lowest BCUT2D eigenvalue weighted by Crippen LogP contribution is -2.23. The van der Waals surface area contributed by atoms with Crippen LogP contribution in [0.3, 0.4) is 0 Å². The summed E-state index contributed by atoms with van der Waals surface area (Å²) in [7, 11) is 0. The summed E-state index contributed by atoms with van der Waals surface area (Å²) in [4.78, 5) is 13.4. The molecule has 1 aromatic carbocycles. The van der Waals surface area contributed by atoms with Gasteiger partial charge in [0.05, 0.1) is 16.5 Å². The van der Waals surface area contributed by atoms with E-state index in [2.05, 4.69) is 0 Å². The van der Waals surface area contributed by atoms with Crippen LogP contribution in [0.15, 0.2) is 35.7 Å². The smallest absolute Gasteiger partial charge is 0.358 e. The molecular formula is C15H13F3N2O2S. The van der Waals surface area contributed by atoms with Gasteiger partial charge in [0.25, 0.3) is 5.69 Å². The molecule has 0 spiro atoms. The fourth-order valence-corrected chi connectivity index (χ4v) is 3.79. The molecule has 4 nitrogen and oxygen atoms in total. The summed E-state index contributed by atoms with van der Waals surface area (Å²) in [5.41, 5.74) is -1.25. The van der Waals surface area contributed by atoms with Crippen LogP contribution >= 0.6 is 11.3 Å². The summed E-state index contributed by atoms with van der Waals surface area (Å²) in [5.74, 6) is 0. The number of hydrogen-bond donors (Lipinski definition) is 0. The van der Waals surface area contributed by atoms with Gasteiger partial charge < -0.3 is 4.90 Å². The number of benzene rings is 1. The molecule has 1 aliphatic rings. The van der Waals surface area contributed by atoms with Gasteiger partial charge in [0.2, 0.25) is 0 Å². The highest BCUT2D eigenvalue weighted by atomic mass is 32.1. The first-order valence-corrected chi connectivity index (χ1v) is 7.91. The first-order chi connectivity index (χ1) is 10.9. The van der Waals surface area contributed by atoms with E-state index in [1.54, 1.807) is 11.3 Å². The zero-order valence-corrected chi connectivity index (χ0v) is 12.7. The predicted octanol–water partition coefficient (Wildman–Crippen LogP) is 5.02. The normalized spacial score (nSPS) is 18.4. The lowest BCUT2D eigenvalue weighted by atomic mass is 10.1. The van der Waals surface area contributed by atoms with Gasteiger partial charge in [-0.05, 0) is 36.4 Å². The van der Waals surface area contributed by atoms with Crippen molar-refractivity contribution in [3.63, 3.8) is 0 Å². The predicted molar refractivity (Wildman–Crippen MR) is 81.7 cm³/mol. The maximum Gasteiger partial charge on any atom is 0.416 e. The standard InChI is InChI=1S/C15H13F3N2O2S/c16-15(17,18)10-5-6-11(13(9-10)20(21)22)19-7-1-3-12(19)14-4-2-8-23-14/h2,4-6,8-9,12H,1,3,7H2/t12-/m0/s1. The van der Waals surface area contributed by atoms with Gasteiger partial charge in [-0.3, -0.25) is 10.1 Å². The van der Waals surface area contributed by atoms with Crippen molar-refractivity contribution in [2.75, 3.05) is 11.4 Å². The Balaban J connectivity index is 2.03. The van der Waals surface area contributed by atoms with Crippen LogP contribution in [0.2, 0.25) is 0 Å². The minimum atomic E-state index is -4.60. The summed E-state index contributed by atoms with van der Waals surface area (Å²) in [6.45, 7) is 0.592. The van der Waals surface area contributed by atoms with Gasteiger partial charge in [-0.1, -0.05) is 6.07 Å². The Labute approximate surface area is 134 Å². The molecular weight excluding hydrogens is 329 g/mol. The number of rotatable bonds is 3. The molecule has 2 aromatic rings. The fraction of sp³-hybridized carbons (Fsp3) is 0.333. The van der Waals surface area contributed by atoms with Gasteiger partial charge in [0.15, 0.2) is 0 Å². The Kier molecular flexibility index (Phi) is 4.01. The molecule has 3 rings (SSSR count). The maximum atomic E-state index is 12.8. The number of hydrogen-bond acceptors (Lipinski definition) is 4. The number of nitrogens with zero attached hydrogens (tertiary/aromatic N) is 2. The molecule has 122 valence electrons. The second-order valence-corrected chi connectivity index (χ2v) is 6.30. The molecule has 1 atom stereocenters. The quantitative estimate of drug-likeness (QED) is 0.581. The summed E-state index contributed by atoms with van der Waals surface area (Å²) in [6, 6.07) is 6.57. The van der Waals surface area contributed by atoms with Crippen molar-refractivity contribution in [2.45, 2.75) is 25.1 Å². The molecule has 0 N–H and O–H groups in total. The minimum Gasteiger partial charge on any atom is -0.358 e. The van der Waals surface area contributed by atoms with Crippen molar-refractivity contribution < 1.29 is 18.1 Å². The first kappa shape index (κ1) is 15.8. The molecule has 1 aliphatic heterocycles. The van der Waals surface area contributed by atoms with Gasteiger partial charge in [0.1, 0.15) is 5.69 Å². The SMILES string of the molecule is O=[N+]([O-])c1cc(C(F)(F)F)ccc1N1CCC[C@H]1c1cccs1. The summed E-state index contributed by atoms with van der Waals surface area (Å²) < 4.78 is 38.4. The van der Waals surface area contributed by atoms with E-state index in [1.807, 2.05) is 22.4 Å². The van der Waals surface area contributed by atoms with Crippen LogP contribution in [0.1, 0.15) is 29.3 Å². The number of alkyl halides is 3. The summed E-state index contributed by atoms with van der Waals surface area (Å²) in [5, 5.41) is 13.2. The van der Waals surface area contributed by atoms with Gasteiger partial charge >= 0.3 is 6.18 Å². The zero-order chi connectivity index (χ0) is 16.6. The highest BCUT2D eigenvalue weighted by molar-refractivity contribution is 7.10. The Hall–Kier alpha value is -2.09. The monoisotopic (exact) mass is 342 g/mol. The van der Waals surface area contributed by atoms with Crippen LogP contribution in [0.4, 0.5) is 24.5 Å². The third-order valence-electron chi connectivity index (χ3n) is 3.93. The van der Waals surface area contributed by atoms with Crippen molar-refractivity contribution in [1.29, 1.82) is 0 Å². The Bertz CT molecular complexity index is 716. The number of halogens is 3. The molecule has 0 saturated carbocycles. The van der Waals surface area contributed by atoms with Crippen LogP contribution < -0.4 is 4.90 Å². The molecule has 1 aromatic heterocycles. The maximum absolute atomic E-state index is 12.8. The van der Waals surface area contributed by atoms with E-state index >= 15 is 0 Å². The molecule has 1 saturated heterocycles. The van der Waals surface area contributed by atoms with Crippen molar-refractivity contribution in [3.8, 4) is 0 Å². The fourth-order valence-electron chi connectivity index (χ4n) is 2.92. The zero-order valence-electron chi connectivity index (χ0n) is 11.9. The molecule has 1 fully saturated rings. The average Bonchev–Trinajstić information content (AvgIpc) is 3.16. The molecule has 0 amide bonds. The lowest BCUT2D eigenvalue weighted by Gasteiger charge is -2.26. The molecule has 8 heteroatoms. The number of nitro benzene ring substituents is 1. The van der Waals surface area contributed by atoms with Crippen molar-refractivity contribution in [2.24, 2.45) is 0 Å². The van der Waals surface area contributed by atoms with Gasteiger partial charge in [0, 0.05) is 17.5 Å². The second-order valence-electron chi connectivity index (χ2n) is 5.33. The van der Waals surface area contributed by atoms with Gasteiger partial charge in [-0.2, -0.15) is 13.2 Å². The first-order valence-electron chi connectivity index (χ1n) is 7.03. The third-order valence-corrected chi connectivity index (χ3v) is 4.91. The third kappa shape index (κ3) is 3.03. The molecule has 2 heterocycles. The molecule has 0 radical (unpaired) electrons. The van der Waals surface area contributed by atoms with Gasteiger partial charge in [-0.25, -0.2) is 0 Å². The summed E-state index contributed by atoms with van der Waals surface area (Å²) in [6.07, 6.45) is -2.92. The Morgan fingerprint density at radius 3 is 2.70 bits per heavy atom. The van der Waals surface area contributed by atoms with Crippen LogP contribution in [-0.2, 0) is 6.18 Å². The van der Waals surface area contributed by atoms with E-state index in [1.165, 1.54) is 6.07 Å². The molecule has 0 unspecified atom stereocenters. The largest absolute Gasteiger partial charge is 0.416 e. The van der Waals surface area contributed by atoms with Gasteiger partial charge in [-0.15, -0.1) is 11.3 Å². The van der Waals surface area contributed by atoms with E-state index in [-0.39, 0.29) is 11.7 Å². The number of anilines is 1. The second kappa shape index (κ2) is 5.84. The van der Waals surface area contributed by atoms with Crippen LogP contribution in [0, 0.1) is 10.1 Å². The lowest BCUT2D eigenvalue weighted by molar-refractivity contribution is -0.384. The van der Waals surface area contributed by atoms with Crippen molar-refractivity contribution >= 4 is 22.7 Å². The Morgan fingerprint density at radius 2 is 2.09 bits per heavy atom. The number of thiophene rings is 1. The molecule has 23 heavy (non-hydrogen) atoms. The van der Waals surface area contributed by atoms with Crippen LogP contribution in [0.25, 0.3) is 0 Å². The minimum absolute atomic E-state index is 0.0227.